The lowest BCUT2D eigenvalue weighted by Crippen LogP contribution is -2.21. The molecule has 0 radical (unpaired) electrons. The Kier molecular flexibility index (Phi) is 7.45. The smallest absolute Gasteiger partial charge is 0.281 e. The predicted molar refractivity (Wildman–Crippen MR) is 150 cm³/mol. The Balaban J connectivity index is 1.44. The van der Waals surface area contributed by atoms with Crippen molar-refractivity contribution in [3.05, 3.63) is 136 Å². The van der Waals surface area contributed by atoms with Crippen LogP contribution in [0.3, 0.4) is 0 Å². The van der Waals surface area contributed by atoms with Crippen molar-refractivity contribution in [2.45, 2.75) is 13.5 Å². The van der Waals surface area contributed by atoms with Crippen molar-refractivity contribution >= 4 is 29.1 Å². The standard InChI is InChI=1S/C31H25N3O5/c1-2-38-29-20-23(15-18-28(29)39-21-22-13-16-26(17-14-22)34(36)37)19-27-30(24-9-5-3-6-10-24)32-33(31(27)35)25-11-7-4-8-12-25/h3-20H,2,21H2,1H3/b27-19-. The maximum absolute atomic E-state index is 13.5. The number of non-ortho nitro benzene ring substituents is 1. The van der Waals surface area contributed by atoms with E-state index in [0.29, 0.717) is 35.1 Å². The van der Waals surface area contributed by atoms with Gasteiger partial charge in [0.25, 0.3) is 11.6 Å². The number of para-hydroxylation sites is 1. The number of carbonyl (C=O) groups is 1. The van der Waals surface area contributed by atoms with E-state index in [1.807, 2.05) is 79.7 Å². The van der Waals surface area contributed by atoms with E-state index in [2.05, 4.69) is 5.10 Å². The van der Waals surface area contributed by atoms with Crippen molar-refractivity contribution in [2.75, 3.05) is 11.6 Å². The molecule has 0 saturated carbocycles. The van der Waals surface area contributed by atoms with Gasteiger partial charge in [0.15, 0.2) is 11.5 Å². The first-order valence-electron chi connectivity index (χ1n) is 12.4. The number of rotatable bonds is 9. The summed E-state index contributed by atoms with van der Waals surface area (Å²) >= 11 is 0. The molecular weight excluding hydrogens is 494 g/mol. The van der Waals surface area contributed by atoms with Gasteiger partial charge in [0.2, 0.25) is 0 Å². The Labute approximate surface area is 225 Å². The number of amides is 1. The molecule has 0 aliphatic carbocycles. The zero-order chi connectivity index (χ0) is 27.2. The summed E-state index contributed by atoms with van der Waals surface area (Å²) < 4.78 is 11.8. The highest BCUT2D eigenvalue weighted by molar-refractivity contribution is 6.37. The van der Waals surface area contributed by atoms with Crippen LogP contribution in [0.25, 0.3) is 6.08 Å². The molecule has 8 heteroatoms. The third-order valence-corrected chi connectivity index (χ3v) is 6.05. The number of nitro benzene ring substituents is 1. The zero-order valence-electron chi connectivity index (χ0n) is 21.2. The van der Waals surface area contributed by atoms with Crippen LogP contribution in [0.1, 0.15) is 23.6 Å². The monoisotopic (exact) mass is 519 g/mol. The highest BCUT2D eigenvalue weighted by Crippen LogP contribution is 2.32. The summed E-state index contributed by atoms with van der Waals surface area (Å²) in [6, 6.07) is 30.6. The summed E-state index contributed by atoms with van der Waals surface area (Å²) in [6.45, 7) is 2.52. The summed E-state index contributed by atoms with van der Waals surface area (Å²) in [5.41, 5.74) is 4.14. The van der Waals surface area contributed by atoms with Crippen LogP contribution >= 0.6 is 0 Å². The second kappa shape index (κ2) is 11.4. The number of carbonyl (C=O) groups excluding carboxylic acids is 1. The van der Waals surface area contributed by atoms with Gasteiger partial charge in [-0.05, 0) is 60.5 Å². The van der Waals surface area contributed by atoms with Gasteiger partial charge in [-0.3, -0.25) is 14.9 Å². The molecule has 1 amide bonds. The fourth-order valence-electron chi connectivity index (χ4n) is 4.14. The van der Waals surface area contributed by atoms with E-state index in [1.54, 1.807) is 24.3 Å². The Morgan fingerprint density at radius 1 is 0.872 bits per heavy atom. The van der Waals surface area contributed by atoms with Gasteiger partial charge in [-0.15, -0.1) is 0 Å². The molecule has 0 fully saturated rings. The van der Waals surface area contributed by atoms with E-state index < -0.39 is 4.92 Å². The fourth-order valence-corrected chi connectivity index (χ4v) is 4.14. The minimum Gasteiger partial charge on any atom is -0.490 e. The van der Waals surface area contributed by atoms with E-state index in [-0.39, 0.29) is 18.2 Å². The predicted octanol–water partition coefficient (Wildman–Crippen LogP) is 6.41. The van der Waals surface area contributed by atoms with Crippen LogP contribution in [-0.2, 0) is 11.4 Å². The summed E-state index contributed by atoms with van der Waals surface area (Å²) in [7, 11) is 0. The number of hydrogen-bond acceptors (Lipinski definition) is 6. The van der Waals surface area contributed by atoms with Crippen LogP contribution in [-0.4, -0.2) is 23.1 Å². The van der Waals surface area contributed by atoms with E-state index in [4.69, 9.17) is 9.47 Å². The fraction of sp³-hybridized carbons (Fsp3) is 0.0968. The normalized spacial score (nSPS) is 13.9. The molecule has 0 saturated heterocycles. The first-order valence-corrected chi connectivity index (χ1v) is 12.4. The topological polar surface area (TPSA) is 94.3 Å². The first-order chi connectivity index (χ1) is 19.0. The average Bonchev–Trinajstić information content (AvgIpc) is 3.29. The minimum absolute atomic E-state index is 0.0249. The molecule has 0 bridgehead atoms. The largest absolute Gasteiger partial charge is 0.490 e. The maximum atomic E-state index is 13.5. The average molecular weight is 520 g/mol. The Bertz CT molecular complexity index is 1550. The third-order valence-electron chi connectivity index (χ3n) is 6.05. The highest BCUT2D eigenvalue weighted by atomic mass is 16.6. The van der Waals surface area contributed by atoms with Crippen molar-refractivity contribution in [3.8, 4) is 11.5 Å². The third kappa shape index (κ3) is 5.70. The van der Waals surface area contributed by atoms with E-state index in [1.165, 1.54) is 17.1 Å². The SMILES string of the molecule is CCOc1cc(/C=C2\C(=O)N(c3ccccc3)N=C2c2ccccc2)ccc1OCc1ccc([N+](=O)[O-])cc1. The number of anilines is 1. The lowest BCUT2D eigenvalue weighted by molar-refractivity contribution is -0.384. The summed E-state index contributed by atoms with van der Waals surface area (Å²) in [5.74, 6) is 0.826. The van der Waals surface area contributed by atoms with Gasteiger partial charge in [-0.2, -0.15) is 10.1 Å². The van der Waals surface area contributed by atoms with Crippen molar-refractivity contribution in [2.24, 2.45) is 5.10 Å². The highest BCUT2D eigenvalue weighted by Gasteiger charge is 2.32. The van der Waals surface area contributed by atoms with Crippen LogP contribution in [0.2, 0.25) is 0 Å². The molecule has 1 aliphatic rings. The molecule has 8 nitrogen and oxygen atoms in total. The molecule has 0 aromatic heterocycles. The number of nitrogens with zero attached hydrogens (tertiary/aromatic N) is 3. The Hall–Kier alpha value is -5.24. The van der Waals surface area contributed by atoms with E-state index in [9.17, 15) is 14.9 Å². The van der Waals surface area contributed by atoms with Crippen molar-refractivity contribution in [1.82, 2.24) is 0 Å². The number of nitro groups is 1. The van der Waals surface area contributed by atoms with Gasteiger partial charge in [0, 0.05) is 17.7 Å². The molecular formula is C31H25N3O5. The molecule has 0 N–H and O–H groups in total. The van der Waals surface area contributed by atoms with E-state index in [0.717, 1.165) is 16.7 Å². The summed E-state index contributed by atoms with van der Waals surface area (Å²) in [4.78, 5) is 24.0. The molecule has 194 valence electrons. The maximum Gasteiger partial charge on any atom is 0.281 e. The molecule has 4 aromatic rings. The van der Waals surface area contributed by atoms with Gasteiger partial charge in [-0.1, -0.05) is 54.6 Å². The minimum atomic E-state index is -0.437. The van der Waals surface area contributed by atoms with Crippen LogP contribution in [0.5, 0.6) is 11.5 Å². The first kappa shape index (κ1) is 25.4. The van der Waals surface area contributed by atoms with Crippen molar-refractivity contribution < 1.29 is 19.2 Å². The molecule has 0 atom stereocenters. The number of hydrogen-bond donors (Lipinski definition) is 0. The second-order valence-electron chi connectivity index (χ2n) is 8.68. The molecule has 4 aromatic carbocycles. The second-order valence-corrected chi connectivity index (χ2v) is 8.68. The molecule has 5 rings (SSSR count). The molecule has 0 spiro atoms. The van der Waals surface area contributed by atoms with Gasteiger partial charge < -0.3 is 9.47 Å². The molecule has 1 aliphatic heterocycles. The zero-order valence-corrected chi connectivity index (χ0v) is 21.2. The Morgan fingerprint density at radius 2 is 1.56 bits per heavy atom. The van der Waals surface area contributed by atoms with Crippen LogP contribution in [0, 0.1) is 10.1 Å². The summed E-state index contributed by atoms with van der Waals surface area (Å²) in [6.07, 6.45) is 1.81. The quantitative estimate of drug-likeness (QED) is 0.145. The van der Waals surface area contributed by atoms with Crippen LogP contribution < -0.4 is 14.5 Å². The van der Waals surface area contributed by atoms with Crippen LogP contribution in [0.4, 0.5) is 11.4 Å². The van der Waals surface area contributed by atoms with Gasteiger partial charge in [0.1, 0.15) is 12.3 Å². The number of hydrazone groups is 1. The van der Waals surface area contributed by atoms with Crippen molar-refractivity contribution in [3.63, 3.8) is 0 Å². The van der Waals surface area contributed by atoms with Gasteiger partial charge in [0.05, 0.1) is 22.8 Å². The number of benzene rings is 4. The number of ether oxygens (including phenoxy) is 2. The van der Waals surface area contributed by atoms with Crippen molar-refractivity contribution in [1.29, 1.82) is 0 Å². The lowest BCUT2D eigenvalue weighted by Gasteiger charge is -2.13. The van der Waals surface area contributed by atoms with Gasteiger partial charge >= 0.3 is 0 Å². The molecule has 39 heavy (non-hydrogen) atoms. The molecule has 0 unspecified atom stereocenters. The molecule has 1 heterocycles. The van der Waals surface area contributed by atoms with Crippen LogP contribution in [0.15, 0.2) is 114 Å². The Morgan fingerprint density at radius 3 is 2.23 bits per heavy atom. The summed E-state index contributed by atoms with van der Waals surface area (Å²) in [5, 5.41) is 17.0. The lowest BCUT2D eigenvalue weighted by atomic mass is 10.00. The van der Waals surface area contributed by atoms with E-state index >= 15 is 0 Å². The van der Waals surface area contributed by atoms with Gasteiger partial charge in [-0.25, -0.2) is 0 Å².